The van der Waals surface area contributed by atoms with Crippen LogP contribution in [-0.2, 0) is 0 Å². The van der Waals surface area contributed by atoms with Gasteiger partial charge in [0.1, 0.15) is 0 Å². The predicted octanol–water partition coefficient (Wildman–Crippen LogP) is 3.08. The molecule has 2 atom stereocenters. The minimum absolute atomic E-state index is 0.336. The molecule has 0 aromatic carbocycles. The molecule has 3 nitrogen and oxygen atoms in total. The van der Waals surface area contributed by atoms with Gasteiger partial charge in [0, 0.05) is 29.9 Å². The topological polar surface area (TPSA) is 29.9 Å². The maximum absolute atomic E-state index is 4.35. The number of nitrogens with one attached hydrogen (secondary N) is 1. The molecular weight excluding hydrogens is 198 g/mol. The van der Waals surface area contributed by atoms with Gasteiger partial charge in [-0.2, -0.15) is 5.10 Å². The lowest BCUT2D eigenvalue weighted by Gasteiger charge is -2.17. The van der Waals surface area contributed by atoms with Crippen molar-refractivity contribution in [2.24, 2.45) is 0 Å². The number of aromatic nitrogens is 2. The number of rotatable bonds is 6. The third kappa shape index (κ3) is 3.49. The van der Waals surface area contributed by atoms with Crippen LogP contribution in [0.5, 0.6) is 0 Å². The van der Waals surface area contributed by atoms with Crippen molar-refractivity contribution < 1.29 is 0 Å². The molecule has 0 spiro atoms. The van der Waals surface area contributed by atoms with E-state index in [9.17, 15) is 0 Å². The summed E-state index contributed by atoms with van der Waals surface area (Å²) in [7, 11) is 0. The number of nitrogens with zero attached hydrogens (tertiary/aromatic N) is 2. The van der Waals surface area contributed by atoms with E-state index >= 15 is 0 Å². The molecule has 0 aliphatic carbocycles. The zero-order valence-electron chi connectivity index (χ0n) is 10.8. The summed E-state index contributed by atoms with van der Waals surface area (Å²) in [5.41, 5.74) is 1.24. The van der Waals surface area contributed by atoms with Crippen LogP contribution in [-0.4, -0.2) is 15.8 Å². The van der Waals surface area contributed by atoms with Crippen molar-refractivity contribution in [1.82, 2.24) is 15.1 Å². The van der Waals surface area contributed by atoms with E-state index in [-0.39, 0.29) is 0 Å². The molecule has 0 fully saturated rings. The SMILES string of the molecule is C=CCC(C)NC(C)c1cnn(C(C)C)c1. The Labute approximate surface area is 98.5 Å². The summed E-state index contributed by atoms with van der Waals surface area (Å²) in [6.07, 6.45) is 6.99. The summed E-state index contributed by atoms with van der Waals surface area (Å²) in [4.78, 5) is 0. The van der Waals surface area contributed by atoms with Crippen molar-refractivity contribution in [3.63, 3.8) is 0 Å². The fraction of sp³-hybridized carbons (Fsp3) is 0.615. The van der Waals surface area contributed by atoms with Gasteiger partial charge in [0.25, 0.3) is 0 Å². The quantitative estimate of drug-likeness (QED) is 0.748. The largest absolute Gasteiger partial charge is 0.307 e. The van der Waals surface area contributed by atoms with Gasteiger partial charge in [-0.05, 0) is 34.1 Å². The Balaban J connectivity index is 2.58. The maximum atomic E-state index is 4.35. The molecule has 0 aliphatic heterocycles. The van der Waals surface area contributed by atoms with Gasteiger partial charge in [-0.25, -0.2) is 0 Å². The van der Waals surface area contributed by atoms with Crippen molar-refractivity contribution in [2.75, 3.05) is 0 Å². The Morgan fingerprint density at radius 3 is 2.62 bits per heavy atom. The number of hydrogen-bond acceptors (Lipinski definition) is 2. The van der Waals surface area contributed by atoms with E-state index in [1.807, 2.05) is 17.0 Å². The van der Waals surface area contributed by atoms with Crippen LogP contribution in [0.2, 0.25) is 0 Å². The second-order valence-electron chi connectivity index (χ2n) is 4.66. The molecule has 0 amide bonds. The minimum Gasteiger partial charge on any atom is -0.307 e. The molecular formula is C13H23N3. The van der Waals surface area contributed by atoms with Crippen LogP contribution in [0.15, 0.2) is 25.0 Å². The van der Waals surface area contributed by atoms with Gasteiger partial charge in [0.15, 0.2) is 0 Å². The molecule has 16 heavy (non-hydrogen) atoms. The monoisotopic (exact) mass is 221 g/mol. The van der Waals surface area contributed by atoms with Crippen LogP contribution in [0.25, 0.3) is 0 Å². The number of hydrogen-bond donors (Lipinski definition) is 1. The summed E-state index contributed by atoms with van der Waals surface area (Å²) >= 11 is 0. The van der Waals surface area contributed by atoms with E-state index in [0.29, 0.717) is 18.1 Å². The summed E-state index contributed by atoms with van der Waals surface area (Å²) in [6.45, 7) is 12.4. The highest BCUT2D eigenvalue weighted by Crippen LogP contribution is 2.14. The zero-order valence-corrected chi connectivity index (χ0v) is 10.8. The van der Waals surface area contributed by atoms with E-state index in [1.165, 1.54) is 5.56 Å². The maximum Gasteiger partial charge on any atom is 0.0537 e. The fourth-order valence-corrected chi connectivity index (χ4v) is 1.70. The first-order valence-electron chi connectivity index (χ1n) is 5.95. The first kappa shape index (κ1) is 13.0. The van der Waals surface area contributed by atoms with Crippen LogP contribution in [0, 0.1) is 0 Å². The Hall–Kier alpha value is -1.09. The molecule has 1 aromatic heterocycles. The molecule has 1 heterocycles. The van der Waals surface area contributed by atoms with Crippen LogP contribution in [0.1, 0.15) is 51.8 Å². The molecule has 0 aliphatic rings. The third-order valence-corrected chi connectivity index (χ3v) is 2.71. The average Bonchev–Trinajstić information content (AvgIpc) is 2.66. The summed E-state index contributed by atoms with van der Waals surface area (Å²) in [5, 5.41) is 7.87. The molecule has 3 heteroatoms. The molecule has 1 aromatic rings. The Morgan fingerprint density at radius 1 is 1.44 bits per heavy atom. The third-order valence-electron chi connectivity index (χ3n) is 2.71. The van der Waals surface area contributed by atoms with Gasteiger partial charge >= 0.3 is 0 Å². The first-order valence-corrected chi connectivity index (χ1v) is 5.95. The predicted molar refractivity (Wildman–Crippen MR) is 68.4 cm³/mol. The first-order chi connectivity index (χ1) is 7.54. The van der Waals surface area contributed by atoms with Crippen molar-refractivity contribution in [3.8, 4) is 0 Å². The highest BCUT2D eigenvalue weighted by atomic mass is 15.3. The van der Waals surface area contributed by atoms with Crippen molar-refractivity contribution in [1.29, 1.82) is 0 Å². The lowest BCUT2D eigenvalue weighted by Crippen LogP contribution is -2.28. The average molecular weight is 221 g/mol. The molecule has 2 unspecified atom stereocenters. The highest BCUT2D eigenvalue weighted by molar-refractivity contribution is 5.10. The Kier molecular flexibility index (Phi) is 4.74. The molecule has 0 radical (unpaired) electrons. The van der Waals surface area contributed by atoms with Gasteiger partial charge in [0.2, 0.25) is 0 Å². The van der Waals surface area contributed by atoms with Gasteiger partial charge in [-0.3, -0.25) is 4.68 Å². The molecule has 0 bridgehead atoms. The lowest BCUT2D eigenvalue weighted by molar-refractivity contribution is 0.480. The van der Waals surface area contributed by atoms with E-state index in [1.54, 1.807) is 0 Å². The molecule has 0 saturated carbocycles. The van der Waals surface area contributed by atoms with E-state index in [0.717, 1.165) is 6.42 Å². The van der Waals surface area contributed by atoms with E-state index in [2.05, 4.69) is 50.9 Å². The lowest BCUT2D eigenvalue weighted by atomic mass is 10.1. The summed E-state index contributed by atoms with van der Waals surface area (Å²) < 4.78 is 1.99. The van der Waals surface area contributed by atoms with Crippen molar-refractivity contribution >= 4 is 0 Å². The molecule has 1 rings (SSSR count). The standard InChI is InChI=1S/C13H23N3/c1-6-7-11(4)15-12(5)13-8-14-16(9-13)10(2)3/h6,8-12,15H,1,7H2,2-5H3. The van der Waals surface area contributed by atoms with Crippen LogP contribution in [0.3, 0.4) is 0 Å². The van der Waals surface area contributed by atoms with E-state index in [4.69, 9.17) is 0 Å². The van der Waals surface area contributed by atoms with Crippen molar-refractivity contribution in [2.45, 2.75) is 52.2 Å². The molecule has 90 valence electrons. The van der Waals surface area contributed by atoms with Crippen LogP contribution in [0.4, 0.5) is 0 Å². The van der Waals surface area contributed by atoms with Gasteiger partial charge in [0.05, 0.1) is 6.20 Å². The summed E-state index contributed by atoms with van der Waals surface area (Å²) in [5.74, 6) is 0. The van der Waals surface area contributed by atoms with E-state index < -0.39 is 0 Å². The van der Waals surface area contributed by atoms with Crippen molar-refractivity contribution in [3.05, 3.63) is 30.6 Å². The second kappa shape index (κ2) is 5.85. The zero-order chi connectivity index (χ0) is 12.1. The Bertz CT molecular complexity index is 328. The molecule has 0 saturated heterocycles. The molecule has 1 N–H and O–H groups in total. The van der Waals surface area contributed by atoms with Crippen LogP contribution < -0.4 is 5.32 Å². The smallest absolute Gasteiger partial charge is 0.0537 e. The minimum atomic E-state index is 0.336. The van der Waals surface area contributed by atoms with Gasteiger partial charge in [-0.15, -0.1) is 6.58 Å². The van der Waals surface area contributed by atoms with Gasteiger partial charge < -0.3 is 5.32 Å². The Morgan fingerprint density at radius 2 is 2.12 bits per heavy atom. The highest BCUT2D eigenvalue weighted by Gasteiger charge is 2.11. The van der Waals surface area contributed by atoms with Crippen LogP contribution >= 0.6 is 0 Å². The second-order valence-corrected chi connectivity index (χ2v) is 4.66. The summed E-state index contributed by atoms with van der Waals surface area (Å²) in [6, 6.07) is 1.21. The fourth-order valence-electron chi connectivity index (χ4n) is 1.70. The van der Waals surface area contributed by atoms with Gasteiger partial charge in [-0.1, -0.05) is 6.08 Å². The normalized spacial score (nSPS) is 15.1.